The summed E-state index contributed by atoms with van der Waals surface area (Å²) in [6.07, 6.45) is 0. The van der Waals surface area contributed by atoms with E-state index in [0.29, 0.717) is 11.8 Å². The number of hydrogen-bond donors (Lipinski definition) is 0. The normalized spacial score (nSPS) is 10.1. The van der Waals surface area contributed by atoms with Gasteiger partial charge in [0, 0.05) is 11.6 Å². The molecule has 0 fully saturated rings. The summed E-state index contributed by atoms with van der Waals surface area (Å²) in [4.78, 5) is 4.26. The molecule has 0 aliphatic heterocycles. The molecule has 2 aromatic rings. The van der Waals surface area contributed by atoms with Gasteiger partial charge in [-0.2, -0.15) is 4.98 Å². The van der Waals surface area contributed by atoms with Gasteiger partial charge in [-0.15, -0.1) is 0 Å². The molecule has 0 aliphatic rings. The summed E-state index contributed by atoms with van der Waals surface area (Å²) in [5.74, 6) is 1.13. The van der Waals surface area contributed by atoms with Gasteiger partial charge in [0.05, 0.1) is 14.2 Å². The smallest absolute Gasteiger partial charge is 0.224 e. The second kappa shape index (κ2) is 4.87. The molecule has 1 heterocycles. The summed E-state index contributed by atoms with van der Waals surface area (Å²) in [5.41, 5.74) is 3.28. The lowest BCUT2D eigenvalue weighted by Gasteiger charge is -2.09. The van der Waals surface area contributed by atoms with Gasteiger partial charge in [0.15, 0.2) is 0 Å². The summed E-state index contributed by atoms with van der Waals surface area (Å²) in [7, 11) is 3.20. The van der Waals surface area contributed by atoms with Gasteiger partial charge in [0.25, 0.3) is 0 Å². The van der Waals surface area contributed by atoms with Crippen LogP contribution in [0, 0.1) is 6.92 Å². The van der Waals surface area contributed by atoms with Gasteiger partial charge >= 0.3 is 0 Å². The summed E-state index contributed by atoms with van der Waals surface area (Å²) in [5, 5.41) is 0. The quantitative estimate of drug-likeness (QED) is 0.810. The Morgan fingerprint density at radius 3 is 2.18 bits per heavy atom. The van der Waals surface area contributed by atoms with Crippen molar-refractivity contribution in [1.29, 1.82) is 0 Å². The number of benzene rings is 1. The highest BCUT2D eigenvalue weighted by molar-refractivity contribution is 5.69. The molecule has 0 amide bonds. The molecule has 17 heavy (non-hydrogen) atoms. The van der Waals surface area contributed by atoms with Gasteiger partial charge in [-0.1, -0.05) is 29.8 Å². The first-order chi connectivity index (χ1) is 8.24. The molecule has 1 aromatic heterocycles. The molecule has 0 saturated heterocycles. The Labute approximate surface area is 101 Å². The maximum Gasteiger partial charge on any atom is 0.224 e. The molecule has 0 N–H and O–H groups in total. The monoisotopic (exact) mass is 229 g/mol. The minimum Gasteiger partial charge on any atom is -0.481 e. The number of nitrogens with zero attached hydrogens (tertiary/aromatic N) is 1. The SMILES string of the molecule is COc1ccc(-c2ccc(C)cc2)c(OC)n1. The number of methoxy groups -OCH3 is 2. The van der Waals surface area contributed by atoms with Crippen molar-refractivity contribution in [3.05, 3.63) is 42.0 Å². The highest BCUT2D eigenvalue weighted by atomic mass is 16.5. The molecule has 0 radical (unpaired) electrons. The van der Waals surface area contributed by atoms with Crippen LogP contribution in [0.5, 0.6) is 11.8 Å². The predicted molar refractivity (Wildman–Crippen MR) is 67.5 cm³/mol. The second-order valence-electron chi connectivity index (χ2n) is 3.78. The molecular weight excluding hydrogens is 214 g/mol. The highest BCUT2D eigenvalue weighted by Crippen LogP contribution is 2.30. The van der Waals surface area contributed by atoms with E-state index in [0.717, 1.165) is 11.1 Å². The van der Waals surface area contributed by atoms with E-state index in [1.165, 1.54) is 5.56 Å². The van der Waals surface area contributed by atoms with Crippen LogP contribution in [0.4, 0.5) is 0 Å². The fraction of sp³-hybridized carbons (Fsp3) is 0.214. The largest absolute Gasteiger partial charge is 0.481 e. The molecule has 2 rings (SSSR count). The number of ether oxygens (including phenoxy) is 2. The van der Waals surface area contributed by atoms with Crippen LogP contribution in [0.3, 0.4) is 0 Å². The fourth-order valence-electron chi connectivity index (χ4n) is 1.65. The van der Waals surface area contributed by atoms with E-state index in [9.17, 15) is 0 Å². The van der Waals surface area contributed by atoms with E-state index in [-0.39, 0.29) is 0 Å². The predicted octanol–water partition coefficient (Wildman–Crippen LogP) is 3.07. The van der Waals surface area contributed by atoms with Crippen LogP contribution in [0.15, 0.2) is 36.4 Å². The van der Waals surface area contributed by atoms with Crippen LogP contribution >= 0.6 is 0 Å². The Bertz CT molecular complexity index is 506. The summed E-state index contributed by atoms with van der Waals surface area (Å²) in [6.45, 7) is 2.06. The average Bonchev–Trinajstić information content (AvgIpc) is 2.39. The molecule has 3 nitrogen and oxygen atoms in total. The number of rotatable bonds is 3. The van der Waals surface area contributed by atoms with Crippen molar-refractivity contribution in [3.8, 4) is 22.9 Å². The van der Waals surface area contributed by atoms with Crippen molar-refractivity contribution in [1.82, 2.24) is 4.98 Å². The minimum absolute atomic E-state index is 0.553. The summed E-state index contributed by atoms with van der Waals surface area (Å²) in [6, 6.07) is 12.0. The second-order valence-corrected chi connectivity index (χ2v) is 3.78. The van der Waals surface area contributed by atoms with Crippen molar-refractivity contribution >= 4 is 0 Å². The van der Waals surface area contributed by atoms with Crippen LogP contribution in [-0.2, 0) is 0 Å². The lowest BCUT2D eigenvalue weighted by Crippen LogP contribution is -1.94. The Morgan fingerprint density at radius 1 is 0.882 bits per heavy atom. The van der Waals surface area contributed by atoms with E-state index in [4.69, 9.17) is 9.47 Å². The van der Waals surface area contributed by atoms with Crippen LogP contribution in [0.25, 0.3) is 11.1 Å². The van der Waals surface area contributed by atoms with Crippen molar-refractivity contribution in [2.75, 3.05) is 14.2 Å². The molecule has 3 heteroatoms. The maximum atomic E-state index is 5.28. The Kier molecular flexibility index (Phi) is 3.28. The van der Waals surface area contributed by atoms with E-state index in [1.807, 2.05) is 12.1 Å². The molecule has 1 aromatic carbocycles. The van der Waals surface area contributed by atoms with E-state index in [1.54, 1.807) is 14.2 Å². The lowest BCUT2D eigenvalue weighted by atomic mass is 10.1. The van der Waals surface area contributed by atoms with E-state index in [2.05, 4.69) is 36.2 Å². The lowest BCUT2D eigenvalue weighted by molar-refractivity contribution is 0.366. The first-order valence-electron chi connectivity index (χ1n) is 5.40. The zero-order valence-corrected chi connectivity index (χ0v) is 10.2. The van der Waals surface area contributed by atoms with Gasteiger partial charge in [-0.05, 0) is 18.6 Å². The molecule has 88 valence electrons. The van der Waals surface area contributed by atoms with Gasteiger partial charge in [0.1, 0.15) is 0 Å². The first kappa shape index (κ1) is 11.5. The van der Waals surface area contributed by atoms with Crippen LogP contribution in [0.2, 0.25) is 0 Å². The molecule has 0 aliphatic carbocycles. The van der Waals surface area contributed by atoms with E-state index < -0.39 is 0 Å². The van der Waals surface area contributed by atoms with Crippen molar-refractivity contribution < 1.29 is 9.47 Å². The van der Waals surface area contributed by atoms with Crippen LogP contribution in [-0.4, -0.2) is 19.2 Å². The third kappa shape index (κ3) is 2.38. The standard InChI is InChI=1S/C14H15NO2/c1-10-4-6-11(7-5-10)12-8-9-13(16-2)15-14(12)17-3/h4-9H,1-3H3. The topological polar surface area (TPSA) is 31.4 Å². The van der Waals surface area contributed by atoms with E-state index >= 15 is 0 Å². The molecule has 0 saturated carbocycles. The van der Waals surface area contributed by atoms with Gasteiger partial charge in [-0.25, -0.2) is 0 Å². The van der Waals surface area contributed by atoms with Crippen LogP contribution in [0.1, 0.15) is 5.56 Å². The number of hydrogen-bond acceptors (Lipinski definition) is 3. The number of pyridine rings is 1. The third-order valence-corrected chi connectivity index (χ3v) is 2.60. The van der Waals surface area contributed by atoms with Gasteiger partial charge < -0.3 is 9.47 Å². The average molecular weight is 229 g/mol. The highest BCUT2D eigenvalue weighted by Gasteiger charge is 2.08. The van der Waals surface area contributed by atoms with Gasteiger partial charge in [-0.3, -0.25) is 0 Å². The summed E-state index contributed by atoms with van der Waals surface area (Å²) >= 11 is 0. The number of aromatic nitrogens is 1. The summed E-state index contributed by atoms with van der Waals surface area (Å²) < 4.78 is 10.4. The molecule has 0 atom stereocenters. The Hall–Kier alpha value is -2.03. The van der Waals surface area contributed by atoms with Crippen molar-refractivity contribution in [3.63, 3.8) is 0 Å². The molecule has 0 unspecified atom stereocenters. The van der Waals surface area contributed by atoms with Crippen molar-refractivity contribution in [2.45, 2.75) is 6.92 Å². The molecule has 0 bridgehead atoms. The zero-order valence-electron chi connectivity index (χ0n) is 10.2. The minimum atomic E-state index is 0.553. The van der Waals surface area contributed by atoms with Crippen LogP contribution < -0.4 is 9.47 Å². The first-order valence-corrected chi connectivity index (χ1v) is 5.40. The molecule has 0 spiro atoms. The van der Waals surface area contributed by atoms with Crippen molar-refractivity contribution in [2.24, 2.45) is 0 Å². The maximum absolute atomic E-state index is 5.28. The fourth-order valence-corrected chi connectivity index (χ4v) is 1.65. The number of aryl methyl sites for hydroxylation is 1. The Balaban J connectivity index is 2.47. The molecular formula is C14H15NO2. The zero-order chi connectivity index (χ0) is 12.3. The van der Waals surface area contributed by atoms with Gasteiger partial charge in [0.2, 0.25) is 11.8 Å². The Morgan fingerprint density at radius 2 is 1.59 bits per heavy atom. The third-order valence-electron chi connectivity index (χ3n) is 2.60.